The van der Waals surface area contributed by atoms with E-state index in [1.807, 2.05) is 37.4 Å². The highest BCUT2D eigenvalue weighted by Crippen LogP contribution is 2.46. The number of aromatic nitrogens is 4. The average molecular weight is 854 g/mol. The fraction of sp³-hybridized carbons (Fsp3) is 0.489. The lowest BCUT2D eigenvalue weighted by molar-refractivity contribution is -0.129. The Kier molecular flexibility index (Phi) is 10.2. The number of hydrogen-bond acceptors (Lipinski definition) is 10. The number of carbonyl (C=O) groups is 2. The number of pyridine rings is 2. The fourth-order valence-corrected chi connectivity index (χ4v) is 10.1. The Morgan fingerprint density at radius 3 is 2.39 bits per heavy atom. The largest absolute Gasteiger partial charge is 0.480 e. The highest BCUT2D eigenvalue weighted by atomic mass is 35.5. The van der Waals surface area contributed by atoms with E-state index in [4.69, 9.17) is 21.3 Å². The number of alkyl halides is 2. The Morgan fingerprint density at radius 2 is 1.66 bits per heavy atom. The summed E-state index contributed by atoms with van der Waals surface area (Å²) >= 11 is 6.69. The van der Waals surface area contributed by atoms with E-state index in [9.17, 15) is 14.4 Å². The molecule has 3 saturated heterocycles. The number of halogens is 3. The molecule has 0 unspecified atom stereocenters. The summed E-state index contributed by atoms with van der Waals surface area (Å²) in [7, 11) is 3.49. The van der Waals surface area contributed by atoms with Crippen molar-refractivity contribution in [3.63, 3.8) is 0 Å². The molecule has 1 aliphatic carbocycles. The van der Waals surface area contributed by atoms with Crippen molar-refractivity contribution in [1.29, 1.82) is 0 Å². The molecule has 10 rings (SSSR count). The van der Waals surface area contributed by atoms with E-state index in [0.29, 0.717) is 82.7 Å². The fourth-order valence-electron chi connectivity index (χ4n) is 9.96. The number of fused-ring (bicyclic) bond motifs is 4. The van der Waals surface area contributed by atoms with Crippen LogP contribution < -0.4 is 30.7 Å². The van der Waals surface area contributed by atoms with Gasteiger partial charge in [-0.2, -0.15) is 5.10 Å². The zero-order chi connectivity index (χ0) is 42.2. The molecule has 13 nitrogen and oxygen atoms in total. The van der Waals surface area contributed by atoms with E-state index in [1.165, 1.54) is 15.0 Å². The van der Waals surface area contributed by atoms with Gasteiger partial charge < -0.3 is 29.7 Å². The number of rotatable bonds is 8. The van der Waals surface area contributed by atoms with E-state index in [1.54, 1.807) is 17.9 Å². The van der Waals surface area contributed by atoms with Crippen molar-refractivity contribution in [3.05, 3.63) is 69.6 Å². The summed E-state index contributed by atoms with van der Waals surface area (Å²) in [6, 6.07) is 12.7. The van der Waals surface area contributed by atoms with Crippen molar-refractivity contribution in [2.24, 2.45) is 25.9 Å². The summed E-state index contributed by atoms with van der Waals surface area (Å²) < 4.78 is 39.1. The number of piperidine rings is 3. The molecule has 0 spiro atoms. The van der Waals surface area contributed by atoms with E-state index < -0.39 is 24.1 Å². The van der Waals surface area contributed by atoms with Crippen molar-refractivity contribution in [2.45, 2.75) is 75.7 Å². The van der Waals surface area contributed by atoms with Crippen LogP contribution >= 0.6 is 11.6 Å². The van der Waals surface area contributed by atoms with Crippen molar-refractivity contribution in [2.75, 3.05) is 59.8 Å². The maximum absolute atomic E-state index is 15.2. The van der Waals surface area contributed by atoms with Gasteiger partial charge in [-0.1, -0.05) is 17.7 Å². The number of imide groups is 1. The van der Waals surface area contributed by atoms with Crippen LogP contribution in [-0.4, -0.2) is 87.3 Å². The van der Waals surface area contributed by atoms with Crippen LogP contribution in [0.2, 0.25) is 5.02 Å². The molecule has 5 aliphatic rings. The van der Waals surface area contributed by atoms with Gasteiger partial charge in [-0.3, -0.25) is 19.1 Å². The maximum Gasteiger partial charge on any atom is 0.301 e. The molecule has 4 fully saturated rings. The molecule has 2 N–H and O–H groups in total. The molecule has 3 aromatic heterocycles. The van der Waals surface area contributed by atoms with Gasteiger partial charge in [0, 0.05) is 69.1 Å². The number of aryl methyl sites for hydroxylation is 2. The van der Waals surface area contributed by atoms with Crippen molar-refractivity contribution in [3.8, 4) is 5.75 Å². The molecule has 4 aliphatic heterocycles. The third-order valence-corrected chi connectivity index (χ3v) is 13.9. The van der Waals surface area contributed by atoms with Gasteiger partial charge in [0.25, 0.3) is 5.56 Å². The van der Waals surface area contributed by atoms with Crippen molar-refractivity contribution < 1.29 is 23.1 Å². The maximum atomic E-state index is 15.2. The first-order chi connectivity index (χ1) is 29.4. The van der Waals surface area contributed by atoms with Gasteiger partial charge in [0.2, 0.25) is 17.6 Å². The van der Waals surface area contributed by atoms with Crippen LogP contribution in [0.3, 0.4) is 0 Å². The van der Waals surface area contributed by atoms with E-state index in [2.05, 4.69) is 37.7 Å². The monoisotopic (exact) mass is 853 g/mol. The van der Waals surface area contributed by atoms with Crippen LogP contribution in [0, 0.1) is 11.8 Å². The van der Waals surface area contributed by atoms with Gasteiger partial charge in [0.05, 0.1) is 39.7 Å². The Bertz CT molecular complexity index is 2600. The van der Waals surface area contributed by atoms with Gasteiger partial charge in [-0.25, -0.2) is 18.7 Å². The molecule has 320 valence electrons. The predicted octanol–water partition coefficient (Wildman–Crippen LogP) is 7.57. The van der Waals surface area contributed by atoms with Crippen LogP contribution in [0.4, 0.5) is 37.5 Å². The predicted molar refractivity (Wildman–Crippen MR) is 233 cm³/mol. The zero-order valence-electron chi connectivity index (χ0n) is 34.4. The standard InChI is InChI=1S/C45H50ClF2N9O4/c1-53-35-11-9-30(21-32(35)40-41(44(53)60)61-25-45(47,48)42(51-40)28-6-7-28)50-34-22-37(49-23-33(34)46)56-18-12-26(13-19-56)24-55-16-14-27(15-17-55)29-8-10-31-36(20-29)54(2)52-43(31)57-38(58)4-3-5-39(57)59/h8-11,20-23,26-28,42,51H,3-7,12-19,24-25H2,1-2H3,(H,49,50)/t42-/m0/s1. The number of ether oxygens (including phenoxy) is 1. The number of carbonyl (C=O) groups excluding carboxylic acids is 2. The Morgan fingerprint density at radius 1 is 0.902 bits per heavy atom. The molecule has 1 saturated carbocycles. The van der Waals surface area contributed by atoms with Crippen LogP contribution in [0.25, 0.3) is 21.8 Å². The quantitative estimate of drug-likeness (QED) is 0.151. The number of amides is 2. The molecule has 61 heavy (non-hydrogen) atoms. The second kappa shape index (κ2) is 15.6. The Labute approximate surface area is 357 Å². The normalized spacial score (nSPS) is 21.7. The molecule has 2 amide bonds. The van der Waals surface area contributed by atoms with Crippen LogP contribution in [0.5, 0.6) is 5.75 Å². The first-order valence-corrected chi connectivity index (χ1v) is 22.0. The highest BCUT2D eigenvalue weighted by molar-refractivity contribution is 6.33. The number of hydrogen-bond donors (Lipinski definition) is 2. The molecule has 2 aromatic carbocycles. The average Bonchev–Trinajstić information content (AvgIpc) is 4.06. The SMILES string of the molecule is Cn1nc(N2C(=O)CCCC2=O)c2ccc(C3CCN(CC4CCN(c5cc(Nc6ccc7c(c6)c6c(c(=O)n7C)OCC(F)(F)[C@H](C7CC7)N6)c(Cl)cn5)CC4)CC3)cc21. The minimum absolute atomic E-state index is 0.0881. The lowest BCUT2D eigenvalue weighted by Crippen LogP contribution is -2.44. The summed E-state index contributed by atoms with van der Waals surface area (Å²) in [6.45, 7) is 4.06. The molecule has 16 heteroatoms. The third-order valence-electron chi connectivity index (χ3n) is 13.6. The summed E-state index contributed by atoms with van der Waals surface area (Å²) in [5, 5.41) is 13.0. The lowest BCUT2D eigenvalue weighted by atomic mass is 9.88. The zero-order valence-corrected chi connectivity index (χ0v) is 35.2. The molecule has 7 heterocycles. The first-order valence-electron chi connectivity index (χ1n) is 21.6. The number of benzene rings is 2. The number of likely N-dealkylation sites (tertiary alicyclic amines) is 1. The summed E-state index contributed by atoms with van der Waals surface area (Å²) in [6.07, 6.45) is 8.67. The smallest absolute Gasteiger partial charge is 0.301 e. The molecular weight excluding hydrogens is 804 g/mol. The van der Waals surface area contributed by atoms with E-state index in [-0.39, 0.29) is 23.5 Å². The van der Waals surface area contributed by atoms with E-state index in [0.717, 1.165) is 75.1 Å². The number of anilines is 5. The minimum Gasteiger partial charge on any atom is -0.480 e. The Balaban J connectivity index is 0.767. The molecule has 0 bridgehead atoms. The van der Waals surface area contributed by atoms with Crippen molar-refractivity contribution >= 4 is 73.9 Å². The van der Waals surface area contributed by atoms with Crippen LogP contribution in [0.15, 0.2) is 53.5 Å². The summed E-state index contributed by atoms with van der Waals surface area (Å²) in [5.74, 6) is -1.43. The molecule has 1 atom stereocenters. The lowest BCUT2D eigenvalue weighted by Gasteiger charge is -2.38. The van der Waals surface area contributed by atoms with Crippen LogP contribution in [-0.2, 0) is 23.7 Å². The van der Waals surface area contributed by atoms with Gasteiger partial charge in [-0.15, -0.1) is 0 Å². The summed E-state index contributed by atoms with van der Waals surface area (Å²) in [4.78, 5) is 49.4. The topological polar surface area (TPSA) is 130 Å². The second-order valence-electron chi connectivity index (χ2n) is 17.7. The molecular formula is C45H50ClF2N9O4. The van der Waals surface area contributed by atoms with Gasteiger partial charge in [-0.05, 0) is 112 Å². The van der Waals surface area contributed by atoms with E-state index >= 15 is 8.78 Å². The van der Waals surface area contributed by atoms with Gasteiger partial charge in [0.1, 0.15) is 5.82 Å². The van der Waals surface area contributed by atoms with Gasteiger partial charge >= 0.3 is 5.92 Å². The summed E-state index contributed by atoms with van der Waals surface area (Å²) in [5.41, 5.74) is 4.02. The second-order valence-corrected chi connectivity index (χ2v) is 18.1. The van der Waals surface area contributed by atoms with Gasteiger partial charge in [0.15, 0.2) is 12.4 Å². The molecule has 5 aromatic rings. The minimum atomic E-state index is -3.12. The van der Waals surface area contributed by atoms with Crippen LogP contribution in [0.1, 0.15) is 69.3 Å². The number of nitrogens with zero attached hydrogens (tertiary/aromatic N) is 7. The molecule has 0 radical (unpaired) electrons. The Hall–Kier alpha value is -5.28. The highest BCUT2D eigenvalue weighted by Gasteiger charge is 2.51. The number of nitrogens with one attached hydrogen (secondary N) is 2. The van der Waals surface area contributed by atoms with Crippen molar-refractivity contribution in [1.82, 2.24) is 24.2 Å². The first kappa shape index (κ1) is 39.8. The third kappa shape index (κ3) is 7.47.